The molecule has 1 N–H and O–H groups in total. The van der Waals surface area contributed by atoms with Crippen LogP contribution in [0.4, 0.5) is 0 Å². The number of aliphatic hydroxyl groups excluding tert-OH is 1. The van der Waals surface area contributed by atoms with Gasteiger partial charge in [-0.1, -0.05) is 64.5 Å². The summed E-state index contributed by atoms with van der Waals surface area (Å²) >= 11 is 0. The van der Waals surface area contributed by atoms with Crippen molar-refractivity contribution in [3.63, 3.8) is 0 Å². The summed E-state index contributed by atoms with van der Waals surface area (Å²) in [6.07, 6.45) is 21.3. The summed E-state index contributed by atoms with van der Waals surface area (Å²) < 4.78 is 19.7. The molecular formula is C43H59BN2O6. The van der Waals surface area contributed by atoms with Gasteiger partial charge in [0.2, 0.25) is 11.8 Å². The molecule has 0 radical (unpaired) electrons. The molecule has 5 aliphatic heterocycles. The van der Waals surface area contributed by atoms with Gasteiger partial charge in [-0.05, 0) is 131 Å². The fourth-order valence-electron chi connectivity index (χ4n) is 12.5. The van der Waals surface area contributed by atoms with Gasteiger partial charge in [-0.15, -0.1) is 0 Å². The second-order valence-corrected chi connectivity index (χ2v) is 18.2. The smallest absolute Gasteiger partial charge is 0.461 e. The van der Waals surface area contributed by atoms with E-state index in [-0.39, 0.29) is 54.1 Å². The minimum Gasteiger partial charge on any atom is -0.464 e. The number of unbranched alkanes of at least 4 members (excludes halogenated alkanes) is 1. The number of para-hydroxylation sites is 1. The van der Waals surface area contributed by atoms with Crippen LogP contribution >= 0.6 is 0 Å². The third kappa shape index (κ3) is 5.66. The van der Waals surface area contributed by atoms with E-state index >= 15 is 0 Å². The summed E-state index contributed by atoms with van der Waals surface area (Å²) in [6, 6.07) is 9.13. The Hall–Kier alpha value is -2.88. The Morgan fingerprint density at radius 1 is 0.942 bits per heavy atom. The zero-order chi connectivity index (χ0) is 36.5. The number of carbonyl (C=O) groups is 2. The van der Waals surface area contributed by atoms with Gasteiger partial charge in [-0.2, -0.15) is 0 Å². The van der Waals surface area contributed by atoms with Gasteiger partial charge in [0, 0.05) is 23.0 Å². The van der Waals surface area contributed by atoms with Crippen LogP contribution in [0.15, 0.2) is 60.3 Å². The van der Waals surface area contributed by atoms with E-state index in [1.807, 2.05) is 23.3 Å². The van der Waals surface area contributed by atoms with E-state index in [4.69, 9.17) is 13.7 Å². The summed E-state index contributed by atoms with van der Waals surface area (Å²) in [5, 5.41) is 10.5. The van der Waals surface area contributed by atoms with Crippen molar-refractivity contribution in [2.24, 2.45) is 17.3 Å². The lowest BCUT2D eigenvalue weighted by atomic mass is 9.43. The predicted molar refractivity (Wildman–Crippen MR) is 203 cm³/mol. The number of amides is 2. The van der Waals surface area contributed by atoms with E-state index in [0.717, 1.165) is 101 Å². The monoisotopic (exact) mass is 710 g/mol. The zero-order valence-electron chi connectivity index (χ0n) is 31.7. The van der Waals surface area contributed by atoms with Crippen molar-refractivity contribution in [3.8, 4) is 0 Å². The lowest BCUT2D eigenvalue weighted by molar-refractivity contribution is -0.199. The summed E-state index contributed by atoms with van der Waals surface area (Å²) in [5.41, 5.74) is 2.17. The van der Waals surface area contributed by atoms with Crippen LogP contribution in [0.2, 0.25) is 5.82 Å². The fraction of sp³-hybridized carbons (Fsp3) is 0.674. The highest BCUT2D eigenvalue weighted by Gasteiger charge is 2.68. The van der Waals surface area contributed by atoms with Gasteiger partial charge >= 0.3 is 7.12 Å². The van der Waals surface area contributed by atoms with E-state index in [9.17, 15) is 14.7 Å². The highest BCUT2D eigenvalue weighted by atomic mass is 16.7. The van der Waals surface area contributed by atoms with E-state index in [0.29, 0.717) is 23.4 Å². The molecule has 0 unspecified atom stereocenters. The topological polar surface area (TPSA) is 92.5 Å². The molecule has 2 amide bonds. The van der Waals surface area contributed by atoms with Gasteiger partial charge in [0.1, 0.15) is 5.58 Å². The molecule has 2 aromatic rings. The van der Waals surface area contributed by atoms with Crippen LogP contribution in [0, 0.1) is 17.3 Å². The number of aliphatic hydroxyl groups is 1. The van der Waals surface area contributed by atoms with Crippen LogP contribution < -0.4 is 0 Å². The second kappa shape index (κ2) is 13.5. The van der Waals surface area contributed by atoms with Gasteiger partial charge in [-0.3, -0.25) is 9.59 Å². The Kier molecular flexibility index (Phi) is 9.35. The first-order valence-electron chi connectivity index (χ1n) is 20.3. The van der Waals surface area contributed by atoms with Gasteiger partial charge in [0.25, 0.3) is 0 Å². The van der Waals surface area contributed by atoms with Gasteiger partial charge < -0.3 is 28.6 Å². The number of fused-ring (bicyclic) bond motifs is 5. The number of benzene rings is 1. The van der Waals surface area contributed by atoms with Crippen molar-refractivity contribution in [1.82, 2.24) is 9.80 Å². The molecule has 1 aromatic heterocycles. The Balaban J connectivity index is 0.000000250. The molecule has 1 aromatic carbocycles. The van der Waals surface area contributed by atoms with E-state index in [1.54, 1.807) is 0 Å². The van der Waals surface area contributed by atoms with Crippen molar-refractivity contribution in [1.29, 1.82) is 0 Å². The molecule has 3 saturated carbocycles. The number of rotatable bonds is 11. The lowest BCUT2D eigenvalue weighted by Crippen LogP contribution is -2.65. The van der Waals surface area contributed by atoms with Crippen molar-refractivity contribution >= 4 is 29.9 Å². The predicted octanol–water partition coefficient (Wildman–Crippen LogP) is 8.03. The summed E-state index contributed by atoms with van der Waals surface area (Å²) in [7, 11) is -0.178. The molecule has 280 valence electrons. The molecule has 6 heterocycles. The second-order valence-electron chi connectivity index (χ2n) is 18.2. The third-order valence-corrected chi connectivity index (χ3v) is 15.5. The quantitative estimate of drug-likeness (QED) is 0.144. The average Bonchev–Trinajstić information content (AvgIpc) is 4.01. The number of hydrogen-bond donors (Lipinski definition) is 1. The Labute approximate surface area is 310 Å². The lowest BCUT2D eigenvalue weighted by Gasteiger charge is -2.64. The Morgan fingerprint density at radius 2 is 1.58 bits per heavy atom. The first kappa shape index (κ1) is 36.1. The van der Waals surface area contributed by atoms with Gasteiger partial charge in [-0.25, -0.2) is 0 Å². The normalized spacial score (nSPS) is 36.7. The van der Waals surface area contributed by atoms with Crippen LogP contribution in [0.3, 0.4) is 0 Å². The van der Waals surface area contributed by atoms with Crippen LogP contribution in [0.1, 0.15) is 116 Å². The van der Waals surface area contributed by atoms with E-state index in [2.05, 4.69) is 51.0 Å². The highest BCUT2D eigenvalue weighted by molar-refractivity contribution is 6.47. The Bertz CT molecular complexity index is 1690. The molecule has 5 atom stereocenters. The number of furan rings is 1. The van der Waals surface area contributed by atoms with Crippen molar-refractivity contribution in [3.05, 3.63) is 61.4 Å². The van der Waals surface area contributed by atoms with Crippen molar-refractivity contribution < 1.29 is 28.4 Å². The highest BCUT2D eigenvalue weighted by Crippen LogP contribution is 2.66. The number of hydrogen-bond acceptors (Lipinski definition) is 6. The fourth-order valence-corrected chi connectivity index (χ4v) is 12.5. The summed E-state index contributed by atoms with van der Waals surface area (Å²) in [4.78, 5) is 28.3. The standard InChI is InChI=1S/C33H44BNO4.C10H15NO2/c1-5-30(36)35-25-13-16-33(35,17-14-25)15-9-8-10-24(18-22-21-37-27-12-7-6-11-26(22)27)34-38-29-20-23-19-28(31(23,2)3)32(29,4)39-34;1-2-9(13)11-8-3-5-10(11,7-12)6-4-8/h5-7,11-12,21,23-25,28-29H,1,8-10,13-20H2,2-4H3;2,8,12H,1,3-7H2/t23-,24-,25?,28-,29+,32-,33?;/m0./s1. The molecule has 10 rings (SSSR count). The molecule has 5 saturated heterocycles. The maximum atomic E-state index is 12.7. The average molecular weight is 711 g/mol. The van der Waals surface area contributed by atoms with Crippen molar-refractivity contribution in [2.45, 2.75) is 158 Å². The number of nitrogens with zero attached hydrogens (tertiary/aromatic N) is 2. The maximum absolute atomic E-state index is 12.7. The molecule has 3 aliphatic carbocycles. The van der Waals surface area contributed by atoms with Crippen LogP contribution in [-0.2, 0) is 25.3 Å². The van der Waals surface area contributed by atoms with Crippen LogP contribution in [-0.4, -0.2) is 75.3 Å². The SMILES string of the molecule is C=CC(=O)N1C2CCC1(CCCC[C@@H](Cc1coc3ccccc13)B1O[C@@H]3C[C@@H]4C[C@@H](C4(C)C)[C@]3(C)O1)CC2.C=CC(=O)N1C2CCC1(CO)CC2. The minimum absolute atomic E-state index is 0.0194. The first-order chi connectivity index (χ1) is 25.0. The third-order valence-electron chi connectivity index (χ3n) is 15.5. The van der Waals surface area contributed by atoms with E-state index in [1.165, 1.54) is 29.5 Å². The molecule has 8 nitrogen and oxygen atoms in total. The molecule has 52 heavy (non-hydrogen) atoms. The maximum Gasteiger partial charge on any atom is 0.461 e. The molecule has 8 aliphatic rings. The first-order valence-corrected chi connectivity index (χ1v) is 20.3. The van der Waals surface area contributed by atoms with Crippen LogP contribution in [0.25, 0.3) is 11.0 Å². The largest absolute Gasteiger partial charge is 0.464 e. The molecule has 9 heteroatoms. The molecule has 0 spiro atoms. The van der Waals surface area contributed by atoms with Crippen LogP contribution in [0.5, 0.6) is 0 Å². The van der Waals surface area contributed by atoms with Crippen molar-refractivity contribution in [2.75, 3.05) is 6.61 Å². The zero-order valence-corrected chi connectivity index (χ0v) is 31.7. The van der Waals surface area contributed by atoms with Gasteiger partial charge in [0.05, 0.1) is 30.1 Å². The summed E-state index contributed by atoms with van der Waals surface area (Å²) in [5.74, 6) is 1.70. The van der Waals surface area contributed by atoms with E-state index < -0.39 is 0 Å². The summed E-state index contributed by atoms with van der Waals surface area (Å²) in [6.45, 7) is 14.6. The Morgan fingerprint density at radius 3 is 2.21 bits per heavy atom. The molecule has 6 bridgehead atoms. The number of carbonyl (C=O) groups excluding carboxylic acids is 2. The molecule has 8 fully saturated rings. The van der Waals surface area contributed by atoms with Gasteiger partial charge in [0.15, 0.2) is 0 Å². The minimum atomic E-state index is -0.240. The molecular weight excluding hydrogens is 651 g/mol.